The minimum Gasteiger partial charge on any atom is -0.508 e. The highest BCUT2D eigenvalue weighted by Crippen LogP contribution is 2.42. The number of rotatable bonds is 4. The molecule has 0 bridgehead atoms. The van der Waals surface area contributed by atoms with Gasteiger partial charge in [-0.05, 0) is 53.9 Å². The maximum atomic E-state index is 13.2. The third-order valence-corrected chi connectivity index (χ3v) is 6.09. The van der Waals surface area contributed by atoms with Crippen LogP contribution in [0.2, 0.25) is 0 Å². The number of aromatic hydroxyl groups is 1. The number of ketones is 1. The first-order valence-electron chi connectivity index (χ1n) is 10.8. The standard InChI is InChI=1S/C27H23NO5/c1-16-12-20-13-19(10-11-22(20)33-16)25(30)23-24(18-8-5-9-21(29)14-18)28(27(32)26(23)31)15-17-6-3-2-4-7-17/h2-11,13-14,16,24,29-30H,12,15H2,1H3/b25-23+/t16-,24-/m1/s1. The molecule has 2 atom stereocenters. The van der Waals surface area contributed by atoms with Crippen molar-refractivity contribution in [3.8, 4) is 11.5 Å². The zero-order chi connectivity index (χ0) is 23.1. The van der Waals surface area contributed by atoms with E-state index in [0.717, 1.165) is 16.9 Å². The number of fused-ring (bicyclic) bond motifs is 1. The number of hydrogen-bond donors (Lipinski definition) is 2. The number of aliphatic hydroxyl groups is 1. The molecule has 1 fully saturated rings. The molecule has 0 radical (unpaired) electrons. The third kappa shape index (κ3) is 3.74. The first-order chi connectivity index (χ1) is 15.9. The molecule has 6 heteroatoms. The first kappa shape index (κ1) is 20.8. The highest BCUT2D eigenvalue weighted by atomic mass is 16.5. The maximum Gasteiger partial charge on any atom is 0.295 e. The van der Waals surface area contributed by atoms with Crippen LogP contribution in [0.25, 0.3) is 5.76 Å². The highest BCUT2D eigenvalue weighted by Gasteiger charge is 2.46. The largest absolute Gasteiger partial charge is 0.508 e. The van der Waals surface area contributed by atoms with Crippen LogP contribution in [0.15, 0.2) is 78.4 Å². The van der Waals surface area contributed by atoms with Gasteiger partial charge in [0.1, 0.15) is 23.4 Å². The minimum absolute atomic E-state index is 0.00782. The number of hydrogen-bond acceptors (Lipinski definition) is 5. The molecule has 3 aromatic rings. The first-order valence-corrected chi connectivity index (χ1v) is 10.8. The van der Waals surface area contributed by atoms with Crippen molar-refractivity contribution in [3.05, 3.63) is 101 Å². The molecule has 0 aliphatic carbocycles. The van der Waals surface area contributed by atoms with Crippen LogP contribution in [0.1, 0.15) is 35.2 Å². The van der Waals surface area contributed by atoms with Crippen LogP contribution in [0.3, 0.4) is 0 Å². The molecule has 1 saturated heterocycles. The van der Waals surface area contributed by atoms with E-state index in [4.69, 9.17) is 4.74 Å². The number of phenols is 1. The van der Waals surface area contributed by atoms with E-state index < -0.39 is 17.7 Å². The average molecular weight is 441 g/mol. The quantitative estimate of drug-likeness (QED) is 0.357. The molecular weight excluding hydrogens is 418 g/mol. The van der Waals surface area contributed by atoms with E-state index in [-0.39, 0.29) is 29.7 Å². The molecule has 2 aliphatic rings. The minimum atomic E-state index is -0.833. The molecule has 2 N–H and O–H groups in total. The Kier molecular flexibility index (Phi) is 5.13. The van der Waals surface area contributed by atoms with Gasteiger partial charge in [0.15, 0.2) is 0 Å². The predicted octanol–water partition coefficient (Wildman–Crippen LogP) is 4.34. The number of carbonyl (C=O) groups is 2. The van der Waals surface area contributed by atoms with E-state index in [1.54, 1.807) is 30.3 Å². The lowest BCUT2D eigenvalue weighted by Gasteiger charge is -2.25. The van der Waals surface area contributed by atoms with Crippen LogP contribution >= 0.6 is 0 Å². The summed E-state index contributed by atoms with van der Waals surface area (Å²) < 4.78 is 5.74. The number of Topliss-reactive ketones (excluding diaryl/α,β-unsaturated/α-hetero) is 1. The summed E-state index contributed by atoms with van der Waals surface area (Å²) in [7, 11) is 0. The van der Waals surface area contributed by atoms with Crippen LogP contribution in [-0.4, -0.2) is 32.9 Å². The molecular formula is C27H23NO5. The van der Waals surface area contributed by atoms with E-state index in [0.29, 0.717) is 17.5 Å². The number of likely N-dealkylation sites (tertiary alicyclic amines) is 1. The van der Waals surface area contributed by atoms with E-state index in [1.165, 1.54) is 17.0 Å². The zero-order valence-electron chi connectivity index (χ0n) is 18.1. The fourth-order valence-corrected chi connectivity index (χ4v) is 4.59. The molecule has 2 heterocycles. The smallest absolute Gasteiger partial charge is 0.295 e. The number of nitrogens with zero attached hydrogens (tertiary/aromatic N) is 1. The summed E-state index contributed by atoms with van der Waals surface area (Å²) in [4.78, 5) is 27.7. The average Bonchev–Trinajstić information content (AvgIpc) is 3.30. The topological polar surface area (TPSA) is 87.1 Å². The van der Waals surface area contributed by atoms with Crippen LogP contribution in [0.5, 0.6) is 11.5 Å². The number of aliphatic hydroxyl groups excluding tert-OH is 1. The van der Waals surface area contributed by atoms with Gasteiger partial charge in [-0.3, -0.25) is 9.59 Å². The number of ether oxygens (including phenoxy) is 1. The van der Waals surface area contributed by atoms with Crippen LogP contribution in [-0.2, 0) is 22.6 Å². The summed E-state index contributed by atoms with van der Waals surface area (Å²) >= 11 is 0. The zero-order valence-corrected chi connectivity index (χ0v) is 18.1. The summed E-state index contributed by atoms with van der Waals surface area (Å²) in [6, 6.07) is 20.2. The van der Waals surface area contributed by atoms with Gasteiger partial charge in [-0.2, -0.15) is 0 Å². The van der Waals surface area contributed by atoms with Crippen LogP contribution in [0, 0.1) is 0 Å². The maximum absolute atomic E-state index is 13.2. The van der Waals surface area contributed by atoms with E-state index in [9.17, 15) is 19.8 Å². The fraction of sp³-hybridized carbons (Fsp3) is 0.185. The second-order valence-corrected chi connectivity index (χ2v) is 8.46. The van der Waals surface area contributed by atoms with E-state index in [2.05, 4.69) is 0 Å². The Morgan fingerprint density at radius 2 is 1.82 bits per heavy atom. The molecule has 166 valence electrons. The van der Waals surface area contributed by atoms with Crippen molar-refractivity contribution in [2.75, 3.05) is 0 Å². The van der Waals surface area contributed by atoms with Gasteiger partial charge < -0.3 is 19.8 Å². The predicted molar refractivity (Wildman–Crippen MR) is 123 cm³/mol. The van der Waals surface area contributed by atoms with Crippen LogP contribution in [0.4, 0.5) is 0 Å². The van der Waals surface area contributed by atoms with Crippen molar-refractivity contribution in [3.63, 3.8) is 0 Å². The molecule has 6 nitrogen and oxygen atoms in total. The van der Waals surface area contributed by atoms with Crippen molar-refractivity contribution in [1.82, 2.24) is 4.90 Å². The normalized spacial score (nSPS) is 21.2. The second-order valence-electron chi connectivity index (χ2n) is 8.46. The van der Waals surface area contributed by atoms with E-state index >= 15 is 0 Å². The molecule has 3 aromatic carbocycles. The van der Waals surface area contributed by atoms with Crippen molar-refractivity contribution in [2.24, 2.45) is 0 Å². The Morgan fingerprint density at radius 3 is 2.58 bits per heavy atom. The molecule has 2 aliphatic heterocycles. The Labute approximate surface area is 191 Å². The molecule has 1 amide bonds. The van der Waals surface area contributed by atoms with Crippen molar-refractivity contribution >= 4 is 17.4 Å². The Bertz CT molecular complexity index is 1280. The van der Waals surface area contributed by atoms with Crippen molar-refractivity contribution < 1.29 is 24.5 Å². The van der Waals surface area contributed by atoms with Crippen LogP contribution < -0.4 is 4.74 Å². The third-order valence-electron chi connectivity index (χ3n) is 6.09. The Morgan fingerprint density at radius 1 is 1.03 bits per heavy atom. The lowest BCUT2D eigenvalue weighted by molar-refractivity contribution is -0.140. The monoisotopic (exact) mass is 441 g/mol. The van der Waals surface area contributed by atoms with Gasteiger partial charge >= 0.3 is 0 Å². The summed E-state index contributed by atoms with van der Waals surface area (Å²) in [6.45, 7) is 2.16. The molecule has 0 unspecified atom stereocenters. The fourth-order valence-electron chi connectivity index (χ4n) is 4.59. The molecule has 0 spiro atoms. The molecule has 33 heavy (non-hydrogen) atoms. The Balaban J connectivity index is 1.64. The number of benzene rings is 3. The van der Waals surface area contributed by atoms with Gasteiger partial charge in [0.2, 0.25) is 0 Å². The number of phenolic OH excluding ortho intramolecular Hbond substituents is 1. The second kappa shape index (κ2) is 8.13. The summed E-state index contributed by atoms with van der Waals surface area (Å²) in [6.07, 6.45) is 0.746. The number of amides is 1. The summed E-state index contributed by atoms with van der Waals surface area (Å²) in [5.41, 5.74) is 2.81. The van der Waals surface area contributed by atoms with Gasteiger partial charge in [-0.25, -0.2) is 0 Å². The van der Waals surface area contributed by atoms with Gasteiger partial charge in [0.25, 0.3) is 11.7 Å². The van der Waals surface area contributed by atoms with Crippen molar-refractivity contribution in [1.29, 1.82) is 0 Å². The van der Waals surface area contributed by atoms with E-state index in [1.807, 2.05) is 37.3 Å². The summed E-state index contributed by atoms with van der Waals surface area (Å²) in [5, 5.41) is 21.3. The lowest BCUT2D eigenvalue weighted by Crippen LogP contribution is -2.29. The molecule has 0 aromatic heterocycles. The Hall–Kier alpha value is -4.06. The SMILES string of the molecule is C[C@@H]1Cc2cc(/C(O)=C3\C(=O)C(=O)N(Cc4ccccc4)[C@@H]3c3cccc(O)c3)ccc2O1. The molecule has 5 rings (SSSR count). The highest BCUT2D eigenvalue weighted by molar-refractivity contribution is 6.46. The van der Waals surface area contributed by atoms with Gasteiger partial charge in [-0.15, -0.1) is 0 Å². The van der Waals surface area contributed by atoms with Gasteiger partial charge in [-0.1, -0.05) is 42.5 Å². The van der Waals surface area contributed by atoms with Crippen molar-refractivity contribution in [2.45, 2.75) is 32.0 Å². The molecule has 0 saturated carbocycles. The summed E-state index contributed by atoms with van der Waals surface area (Å²) in [5.74, 6) is -0.900. The van der Waals surface area contributed by atoms with Gasteiger partial charge in [0, 0.05) is 18.5 Å². The lowest BCUT2D eigenvalue weighted by atomic mass is 9.94. The van der Waals surface area contributed by atoms with Gasteiger partial charge in [0.05, 0.1) is 11.6 Å². The number of carbonyl (C=O) groups excluding carboxylic acids is 2.